The molecular formula is C13H26N2OS. The van der Waals surface area contributed by atoms with Crippen LogP contribution in [0.2, 0.25) is 0 Å². The molecule has 0 aromatic heterocycles. The lowest BCUT2D eigenvalue weighted by molar-refractivity contribution is 0.172. The van der Waals surface area contributed by atoms with E-state index in [9.17, 15) is 0 Å². The van der Waals surface area contributed by atoms with Crippen LogP contribution in [0.4, 0.5) is 0 Å². The SMILES string of the molecule is CCC(COC)NC1=NCC(CC(C)(C)C)S1. The van der Waals surface area contributed by atoms with E-state index in [0.717, 1.165) is 24.7 Å². The molecule has 0 aromatic carbocycles. The zero-order valence-electron chi connectivity index (χ0n) is 11.7. The second kappa shape index (κ2) is 6.64. The molecule has 1 rings (SSSR count). The molecule has 0 bridgehead atoms. The first-order valence-corrected chi connectivity index (χ1v) is 7.29. The van der Waals surface area contributed by atoms with Crippen LogP contribution < -0.4 is 5.32 Å². The largest absolute Gasteiger partial charge is 0.383 e. The van der Waals surface area contributed by atoms with Crippen molar-refractivity contribution in [2.75, 3.05) is 20.3 Å². The van der Waals surface area contributed by atoms with E-state index in [0.29, 0.717) is 16.7 Å². The molecule has 0 spiro atoms. The maximum absolute atomic E-state index is 5.19. The number of aliphatic imine (C=N–C) groups is 1. The van der Waals surface area contributed by atoms with Crippen molar-refractivity contribution >= 4 is 16.9 Å². The van der Waals surface area contributed by atoms with Crippen LogP contribution in [-0.4, -0.2) is 36.7 Å². The molecule has 3 nitrogen and oxygen atoms in total. The third-order valence-corrected chi connectivity index (χ3v) is 3.86. The zero-order chi connectivity index (χ0) is 12.9. The Kier molecular flexibility index (Phi) is 5.80. The predicted molar refractivity (Wildman–Crippen MR) is 76.8 cm³/mol. The van der Waals surface area contributed by atoms with E-state index in [2.05, 4.69) is 38.0 Å². The Morgan fingerprint density at radius 3 is 2.76 bits per heavy atom. The first-order valence-electron chi connectivity index (χ1n) is 6.41. The van der Waals surface area contributed by atoms with Gasteiger partial charge in [0.05, 0.1) is 19.2 Å². The van der Waals surface area contributed by atoms with Crippen LogP contribution in [-0.2, 0) is 4.74 Å². The van der Waals surface area contributed by atoms with Crippen LogP contribution in [0.3, 0.4) is 0 Å². The van der Waals surface area contributed by atoms with E-state index >= 15 is 0 Å². The molecule has 1 N–H and O–H groups in total. The first-order chi connectivity index (χ1) is 7.94. The number of amidine groups is 1. The Morgan fingerprint density at radius 1 is 1.53 bits per heavy atom. The maximum Gasteiger partial charge on any atom is 0.157 e. The first kappa shape index (κ1) is 14.8. The summed E-state index contributed by atoms with van der Waals surface area (Å²) in [5.74, 6) is 0. The molecule has 1 aliphatic rings. The van der Waals surface area contributed by atoms with E-state index in [1.165, 1.54) is 6.42 Å². The van der Waals surface area contributed by atoms with Crippen molar-refractivity contribution in [2.24, 2.45) is 10.4 Å². The van der Waals surface area contributed by atoms with Crippen molar-refractivity contribution in [3.05, 3.63) is 0 Å². The molecule has 0 aromatic rings. The molecule has 0 saturated carbocycles. The van der Waals surface area contributed by atoms with Crippen LogP contribution in [0.5, 0.6) is 0 Å². The van der Waals surface area contributed by atoms with Gasteiger partial charge < -0.3 is 10.1 Å². The van der Waals surface area contributed by atoms with Gasteiger partial charge in [0.25, 0.3) is 0 Å². The van der Waals surface area contributed by atoms with Crippen LogP contribution in [0.15, 0.2) is 4.99 Å². The summed E-state index contributed by atoms with van der Waals surface area (Å²) >= 11 is 1.89. The Balaban J connectivity index is 2.34. The second-order valence-electron chi connectivity index (χ2n) is 5.86. The van der Waals surface area contributed by atoms with Gasteiger partial charge >= 0.3 is 0 Å². The number of hydrogen-bond donors (Lipinski definition) is 1. The van der Waals surface area contributed by atoms with E-state index < -0.39 is 0 Å². The van der Waals surface area contributed by atoms with E-state index in [-0.39, 0.29) is 0 Å². The van der Waals surface area contributed by atoms with Crippen molar-refractivity contribution in [3.8, 4) is 0 Å². The fraction of sp³-hybridized carbons (Fsp3) is 0.923. The van der Waals surface area contributed by atoms with E-state index in [1.54, 1.807) is 7.11 Å². The monoisotopic (exact) mass is 258 g/mol. The molecule has 2 unspecified atom stereocenters. The van der Waals surface area contributed by atoms with Crippen LogP contribution in [0.25, 0.3) is 0 Å². The lowest BCUT2D eigenvalue weighted by atomic mass is 9.90. The summed E-state index contributed by atoms with van der Waals surface area (Å²) in [4.78, 5) is 4.58. The van der Waals surface area contributed by atoms with Crippen molar-refractivity contribution in [2.45, 2.75) is 51.8 Å². The molecule has 17 heavy (non-hydrogen) atoms. The van der Waals surface area contributed by atoms with Crippen LogP contribution in [0, 0.1) is 5.41 Å². The van der Waals surface area contributed by atoms with Crippen molar-refractivity contribution < 1.29 is 4.74 Å². The molecule has 0 radical (unpaired) electrons. The number of hydrogen-bond acceptors (Lipinski definition) is 4. The summed E-state index contributed by atoms with van der Waals surface area (Å²) < 4.78 is 5.19. The summed E-state index contributed by atoms with van der Waals surface area (Å²) in [6.45, 7) is 10.7. The van der Waals surface area contributed by atoms with E-state index in [4.69, 9.17) is 4.74 Å². The number of methoxy groups -OCH3 is 1. The molecular weight excluding hydrogens is 232 g/mol. The summed E-state index contributed by atoms with van der Waals surface area (Å²) in [5, 5.41) is 5.21. The average molecular weight is 258 g/mol. The molecule has 4 heteroatoms. The molecule has 1 heterocycles. The number of ether oxygens (including phenoxy) is 1. The van der Waals surface area contributed by atoms with Crippen LogP contribution in [0.1, 0.15) is 40.5 Å². The highest BCUT2D eigenvalue weighted by Crippen LogP contribution is 2.31. The normalized spacial score (nSPS) is 22.4. The summed E-state index contributed by atoms with van der Waals surface area (Å²) in [7, 11) is 1.75. The van der Waals surface area contributed by atoms with Gasteiger partial charge in [-0.05, 0) is 18.3 Å². The molecule has 0 amide bonds. The number of nitrogens with zero attached hydrogens (tertiary/aromatic N) is 1. The Bertz CT molecular complexity index is 261. The van der Waals surface area contributed by atoms with Gasteiger partial charge in [-0.25, -0.2) is 0 Å². The van der Waals surface area contributed by atoms with Crippen LogP contribution >= 0.6 is 11.8 Å². The molecule has 0 saturated heterocycles. The third-order valence-electron chi connectivity index (χ3n) is 2.75. The predicted octanol–water partition coefficient (Wildman–Crippen LogP) is 2.91. The molecule has 0 aliphatic carbocycles. The number of nitrogens with one attached hydrogen (secondary N) is 1. The van der Waals surface area contributed by atoms with Gasteiger partial charge in [0, 0.05) is 12.4 Å². The minimum Gasteiger partial charge on any atom is -0.383 e. The number of rotatable bonds is 5. The van der Waals surface area contributed by atoms with Gasteiger partial charge in [0.2, 0.25) is 0 Å². The molecule has 2 atom stereocenters. The standard InChI is InChI=1S/C13H26N2OS/c1-6-10(9-16-5)15-12-14-8-11(17-12)7-13(2,3)4/h10-11H,6-9H2,1-5H3,(H,14,15). The Hall–Kier alpha value is -0.220. The summed E-state index contributed by atoms with van der Waals surface area (Å²) in [5.41, 5.74) is 0.388. The minimum atomic E-state index is 0.388. The fourth-order valence-corrected chi connectivity index (χ4v) is 3.36. The van der Waals surface area contributed by atoms with Gasteiger partial charge in [0.15, 0.2) is 5.17 Å². The maximum atomic E-state index is 5.19. The lowest BCUT2D eigenvalue weighted by Gasteiger charge is -2.22. The van der Waals surface area contributed by atoms with Gasteiger partial charge in [-0.3, -0.25) is 4.99 Å². The highest BCUT2D eigenvalue weighted by molar-refractivity contribution is 8.14. The lowest BCUT2D eigenvalue weighted by Crippen LogP contribution is -2.35. The van der Waals surface area contributed by atoms with Gasteiger partial charge in [-0.15, -0.1) is 0 Å². The highest BCUT2D eigenvalue weighted by Gasteiger charge is 2.25. The Morgan fingerprint density at radius 2 is 2.24 bits per heavy atom. The highest BCUT2D eigenvalue weighted by atomic mass is 32.2. The molecule has 1 aliphatic heterocycles. The molecule has 100 valence electrons. The minimum absolute atomic E-state index is 0.388. The van der Waals surface area contributed by atoms with Crippen molar-refractivity contribution in [1.29, 1.82) is 0 Å². The number of thioether (sulfide) groups is 1. The van der Waals surface area contributed by atoms with Crippen molar-refractivity contribution in [1.82, 2.24) is 5.32 Å². The zero-order valence-corrected chi connectivity index (χ0v) is 12.6. The fourth-order valence-electron chi connectivity index (χ4n) is 1.92. The van der Waals surface area contributed by atoms with Gasteiger partial charge in [-0.2, -0.15) is 0 Å². The Labute approximate surface area is 110 Å². The third kappa shape index (κ3) is 5.77. The second-order valence-corrected chi connectivity index (χ2v) is 7.14. The quantitative estimate of drug-likeness (QED) is 0.823. The van der Waals surface area contributed by atoms with Gasteiger partial charge in [-0.1, -0.05) is 39.5 Å². The topological polar surface area (TPSA) is 33.6 Å². The van der Waals surface area contributed by atoms with Gasteiger partial charge in [0.1, 0.15) is 0 Å². The summed E-state index contributed by atoms with van der Waals surface area (Å²) in [6.07, 6.45) is 2.28. The van der Waals surface area contributed by atoms with E-state index in [1.807, 2.05) is 11.8 Å². The smallest absolute Gasteiger partial charge is 0.157 e. The molecule has 0 fully saturated rings. The van der Waals surface area contributed by atoms with Crippen molar-refractivity contribution in [3.63, 3.8) is 0 Å². The summed E-state index contributed by atoms with van der Waals surface area (Å²) in [6, 6.07) is 0.389. The average Bonchev–Trinajstić information content (AvgIpc) is 2.62.